The molecular formula is C19H25ClN2O2. The van der Waals surface area contributed by atoms with E-state index in [1.165, 1.54) is 6.42 Å². The van der Waals surface area contributed by atoms with Gasteiger partial charge in [0.1, 0.15) is 0 Å². The lowest BCUT2D eigenvalue weighted by molar-refractivity contribution is -0.0444. The largest absolute Gasteiger partial charge is 1.00 e. The van der Waals surface area contributed by atoms with Crippen LogP contribution in [0.4, 0.5) is 0 Å². The number of fused-ring (bicyclic) bond motifs is 4. The van der Waals surface area contributed by atoms with E-state index in [4.69, 9.17) is 0 Å². The van der Waals surface area contributed by atoms with Crippen LogP contribution in [0, 0.1) is 11.8 Å². The van der Waals surface area contributed by atoms with Crippen LogP contribution in [0.1, 0.15) is 25.9 Å². The molecule has 3 fully saturated rings. The van der Waals surface area contributed by atoms with Gasteiger partial charge in [0.05, 0.1) is 11.6 Å². The Hall–Kier alpha value is -1.46. The van der Waals surface area contributed by atoms with Crippen LogP contribution in [-0.4, -0.2) is 39.6 Å². The molecule has 3 aliphatic rings. The molecule has 0 aliphatic carbocycles. The number of para-hydroxylation sites is 1. The molecule has 3 saturated heterocycles. The highest BCUT2D eigenvalue weighted by molar-refractivity contribution is 5.82. The van der Waals surface area contributed by atoms with Crippen LogP contribution in [0.15, 0.2) is 49.2 Å². The first-order chi connectivity index (χ1) is 10.8. The van der Waals surface area contributed by atoms with Crippen molar-refractivity contribution < 1.29 is 24.4 Å². The van der Waals surface area contributed by atoms with Crippen LogP contribution in [-0.2, 0) is 0 Å². The number of aromatic nitrogens is 1. The van der Waals surface area contributed by atoms with Crippen LogP contribution in [0.2, 0.25) is 0 Å². The summed E-state index contributed by atoms with van der Waals surface area (Å²) in [6.45, 7) is 6.11. The second-order valence-corrected chi connectivity index (χ2v) is 6.61. The topological polar surface area (TPSA) is 67.9 Å². The lowest BCUT2D eigenvalue weighted by Crippen LogP contribution is -3.00. The van der Waals surface area contributed by atoms with E-state index in [2.05, 4.69) is 28.6 Å². The molecule has 0 spiro atoms. The normalized spacial score (nSPS) is 29.4. The number of rotatable bonds is 3. The summed E-state index contributed by atoms with van der Waals surface area (Å²) in [6.07, 6.45) is 5.76. The second-order valence-electron chi connectivity index (χ2n) is 6.61. The fourth-order valence-electron chi connectivity index (χ4n) is 4.29. The van der Waals surface area contributed by atoms with E-state index in [0.29, 0.717) is 11.8 Å². The first-order valence-electron chi connectivity index (χ1n) is 8.16. The molecule has 4 nitrogen and oxygen atoms in total. The molecule has 0 radical (unpaired) electrons. The van der Waals surface area contributed by atoms with Gasteiger partial charge in [0.15, 0.2) is 0 Å². The van der Waals surface area contributed by atoms with E-state index >= 15 is 0 Å². The predicted molar refractivity (Wildman–Crippen MR) is 93.2 cm³/mol. The van der Waals surface area contributed by atoms with E-state index in [9.17, 15) is 5.11 Å². The molecule has 3 N–H and O–H groups in total. The lowest BCUT2D eigenvalue weighted by Gasteiger charge is -2.50. The highest BCUT2D eigenvalue weighted by Crippen LogP contribution is 2.41. The Labute approximate surface area is 150 Å². The van der Waals surface area contributed by atoms with Crippen LogP contribution >= 0.6 is 0 Å². The van der Waals surface area contributed by atoms with E-state index < -0.39 is 6.10 Å². The molecule has 2 bridgehead atoms. The minimum Gasteiger partial charge on any atom is -1.00 e. The van der Waals surface area contributed by atoms with Gasteiger partial charge in [-0.05, 0) is 48.9 Å². The summed E-state index contributed by atoms with van der Waals surface area (Å²) < 4.78 is 0. The summed E-state index contributed by atoms with van der Waals surface area (Å²) in [7, 11) is 0. The molecule has 3 aliphatic heterocycles. The number of hydrogen-bond acceptors (Lipinski definition) is 3. The summed E-state index contributed by atoms with van der Waals surface area (Å²) in [5.74, 6) is 1.27. The number of pyridine rings is 1. The first-order valence-corrected chi connectivity index (χ1v) is 8.16. The fraction of sp³-hybridized carbons (Fsp3) is 0.421. The maximum Gasteiger partial charge on any atom is 1.00 e. The molecule has 5 atom stereocenters. The van der Waals surface area contributed by atoms with Crippen LogP contribution in [0.5, 0.6) is 0 Å². The van der Waals surface area contributed by atoms with E-state index in [-0.39, 0.29) is 25.4 Å². The van der Waals surface area contributed by atoms with Crippen molar-refractivity contribution in [1.82, 2.24) is 9.88 Å². The van der Waals surface area contributed by atoms with Crippen molar-refractivity contribution in [3.8, 4) is 0 Å². The highest BCUT2D eigenvalue weighted by atomic mass is 35.5. The van der Waals surface area contributed by atoms with Crippen LogP contribution in [0.3, 0.4) is 0 Å². The zero-order valence-electron chi connectivity index (χ0n) is 14.6. The average Bonchev–Trinajstić information content (AvgIpc) is 2.60. The van der Waals surface area contributed by atoms with Crippen molar-refractivity contribution in [2.45, 2.75) is 25.0 Å². The molecule has 0 amide bonds. The monoisotopic (exact) mass is 348 g/mol. The quantitative estimate of drug-likeness (QED) is 0.757. The van der Waals surface area contributed by atoms with Crippen molar-refractivity contribution in [3.63, 3.8) is 0 Å². The van der Waals surface area contributed by atoms with Gasteiger partial charge in [-0.15, -0.1) is 6.58 Å². The van der Waals surface area contributed by atoms with Gasteiger partial charge in [-0.3, -0.25) is 9.88 Å². The molecule has 5 heteroatoms. The Morgan fingerprint density at radius 2 is 2.12 bits per heavy atom. The molecule has 1 aromatic heterocycles. The lowest BCUT2D eigenvalue weighted by atomic mass is 9.73. The van der Waals surface area contributed by atoms with E-state index in [0.717, 1.165) is 36.0 Å². The number of hydrogen-bond donors (Lipinski definition) is 1. The number of aliphatic hydroxyl groups is 1. The standard InChI is InChI=1S/C19H22N2O.ClH.H2O/c1-2-13-12-21-10-8-14(13)11-18(21)19(22)16-7-9-20-17-6-4-3-5-15(16)17;;/h2-7,9,13-14,18-19,22H,1,8,10-12H2;1H;1H2/t13?,14?,18?,19-;;/m0../s1. The maximum absolute atomic E-state index is 11.0. The minimum absolute atomic E-state index is 0. The third-order valence-electron chi connectivity index (χ3n) is 5.52. The SMILES string of the molecule is C=CC1CN2CCC1CC2[C@@H](O)c1ccnc2ccccc12.O.[Cl-].[H+]. The number of nitrogens with zero attached hydrogens (tertiary/aromatic N) is 2. The Morgan fingerprint density at radius 1 is 1.33 bits per heavy atom. The summed E-state index contributed by atoms with van der Waals surface area (Å²) in [6, 6.07) is 10.3. The predicted octanol–water partition coefficient (Wildman–Crippen LogP) is -0.544. The molecule has 24 heavy (non-hydrogen) atoms. The molecule has 4 unspecified atom stereocenters. The van der Waals surface area contributed by atoms with E-state index in [1.54, 1.807) is 0 Å². The van der Waals surface area contributed by atoms with Gasteiger partial charge in [-0.2, -0.15) is 0 Å². The van der Waals surface area contributed by atoms with Gasteiger partial charge in [-0.1, -0.05) is 24.3 Å². The first kappa shape index (κ1) is 18.9. The molecule has 130 valence electrons. The number of aliphatic hydroxyl groups excluding tert-OH is 1. The Morgan fingerprint density at radius 3 is 2.83 bits per heavy atom. The Balaban J connectivity index is 0.00000104. The van der Waals surface area contributed by atoms with E-state index in [1.807, 2.05) is 30.5 Å². The highest BCUT2D eigenvalue weighted by Gasteiger charge is 2.42. The second kappa shape index (κ2) is 7.62. The fourth-order valence-corrected chi connectivity index (χ4v) is 4.29. The van der Waals surface area contributed by atoms with Gasteiger partial charge >= 0.3 is 1.43 Å². The van der Waals surface area contributed by atoms with Crippen molar-refractivity contribution in [3.05, 3.63) is 54.7 Å². The molecule has 4 heterocycles. The smallest absolute Gasteiger partial charge is 1.00 e. The van der Waals surface area contributed by atoms with Crippen molar-refractivity contribution >= 4 is 10.9 Å². The number of benzene rings is 1. The summed E-state index contributed by atoms with van der Waals surface area (Å²) in [5, 5.41) is 12.1. The third-order valence-corrected chi connectivity index (χ3v) is 5.52. The summed E-state index contributed by atoms with van der Waals surface area (Å²) in [4.78, 5) is 6.86. The third kappa shape index (κ3) is 3.07. The molecule has 1 aromatic carbocycles. The molecular weight excluding hydrogens is 324 g/mol. The zero-order valence-corrected chi connectivity index (χ0v) is 14.4. The summed E-state index contributed by atoms with van der Waals surface area (Å²) in [5.41, 5.74) is 1.97. The van der Waals surface area contributed by atoms with Gasteiger partial charge in [0.2, 0.25) is 0 Å². The molecule has 2 aromatic rings. The van der Waals surface area contributed by atoms with Gasteiger partial charge < -0.3 is 23.0 Å². The number of halogens is 1. The Kier molecular flexibility index (Phi) is 5.99. The zero-order chi connectivity index (χ0) is 15.1. The Bertz CT molecular complexity index is 709. The minimum atomic E-state index is -0.443. The van der Waals surface area contributed by atoms with Crippen LogP contribution < -0.4 is 12.4 Å². The summed E-state index contributed by atoms with van der Waals surface area (Å²) >= 11 is 0. The van der Waals surface area contributed by atoms with Crippen molar-refractivity contribution in [1.29, 1.82) is 0 Å². The average molecular weight is 349 g/mol. The van der Waals surface area contributed by atoms with Crippen molar-refractivity contribution in [2.75, 3.05) is 13.1 Å². The molecule has 0 saturated carbocycles. The number of piperidine rings is 3. The van der Waals surface area contributed by atoms with Crippen LogP contribution in [0.25, 0.3) is 10.9 Å². The van der Waals surface area contributed by atoms with Gasteiger partial charge in [0, 0.05) is 24.2 Å². The van der Waals surface area contributed by atoms with Gasteiger partial charge in [-0.25, -0.2) is 0 Å². The van der Waals surface area contributed by atoms with Crippen molar-refractivity contribution in [2.24, 2.45) is 11.8 Å². The van der Waals surface area contributed by atoms with Gasteiger partial charge in [0.25, 0.3) is 0 Å². The molecule has 5 rings (SSSR count). The maximum atomic E-state index is 11.0.